The lowest BCUT2D eigenvalue weighted by Crippen LogP contribution is -2.22. The zero-order valence-electron chi connectivity index (χ0n) is 7.97. The van der Waals surface area contributed by atoms with Gasteiger partial charge in [0.1, 0.15) is 5.82 Å². The van der Waals surface area contributed by atoms with Gasteiger partial charge in [0.25, 0.3) is 0 Å². The van der Waals surface area contributed by atoms with Crippen LogP contribution in [0.2, 0.25) is 0 Å². The largest absolute Gasteiger partial charge is 0.480 e. The van der Waals surface area contributed by atoms with Crippen molar-refractivity contribution in [2.75, 3.05) is 10.5 Å². The summed E-state index contributed by atoms with van der Waals surface area (Å²) in [6, 6.07) is 4.78. The van der Waals surface area contributed by atoms with E-state index in [1.54, 1.807) is 19.1 Å². The lowest BCUT2D eigenvalue weighted by Gasteiger charge is -2.05. The molecule has 15 heavy (non-hydrogen) atoms. The molecule has 0 aliphatic carbocycles. The van der Waals surface area contributed by atoms with E-state index in [0.29, 0.717) is 5.69 Å². The average molecular weight is 230 g/mol. The molecule has 0 bridgehead atoms. The summed E-state index contributed by atoms with van der Waals surface area (Å²) in [6.07, 6.45) is 0. The summed E-state index contributed by atoms with van der Waals surface area (Å²) in [5.74, 6) is -2.26. The van der Waals surface area contributed by atoms with E-state index < -0.39 is 21.7 Å². The lowest BCUT2D eigenvalue weighted by molar-refractivity contribution is -0.134. The molecule has 6 nitrogen and oxygen atoms in total. The van der Waals surface area contributed by atoms with Crippen molar-refractivity contribution in [3.63, 3.8) is 0 Å². The van der Waals surface area contributed by atoms with Gasteiger partial charge in [-0.25, -0.2) is 13.4 Å². The maximum absolute atomic E-state index is 11.2. The predicted octanol–water partition coefficient (Wildman–Crippen LogP) is 0.216. The molecule has 82 valence electrons. The highest BCUT2D eigenvalue weighted by molar-refractivity contribution is 7.93. The second-order valence-corrected chi connectivity index (χ2v) is 4.64. The molecular weight excluding hydrogens is 220 g/mol. The molecule has 1 aromatic rings. The first kappa shape index (κ1) is 11.4. The Hall–Kier alpha value is -1.63. The fourth-order valence-electron chi connectivity index (χ4n) is 0.958. The number of hydrogen-bond acceptors (Lipinski definition) is 4. The van der Waals surface area contributed by atoms with Crippen LogP contribution in [0.5, 0.6) is 0 Å². The number of hydrogen-bond donors (Lipinski definition) is 2. The van der Waals surface area contributed by atoms with E-state index in [-0.39, 0.29) is 5.82 Å². The maximum Gasteiger partial charge on any atom is 0.320 e. The minimum atomic E-state index is -3.86. The van der Waals surface area contributed by atoms with Gasteiger partial charge in [0.05, 0.1) is 0 Å². The number of nitrogens with zero attached hydrogens (tertiary/aromatic N) is 1. The quantitative estimate of drug-likeness (QED) is 0.771. The van der Waals surface area contributed by atoms with Gasteiger partial charge in [-0.3, -0.25) is 9.52 Å². The smallest absolute Gasteiger partial charge is 0.320 e. The first-order chi connectivity index (χ1) is 6.89. The summed E-state index contributed by atoms with van der Waals surface area (Å²) >= 11 is 0. The number of sulfonamides is 1. The molecule has 2 N–H and O–H groups in total. The monoisotopic (exact) mass is 230 g/mol. The molecule has 0 saturated carbocycles. The molecule has 1 aromatic heterocycles. The van der Waals surface area contributed by atoms with E-state index in [0.717, 1.165) is 0 Å². The minimum Gasteiger partial charge on any atom is -0.480 e. The van der Waals surface area contributed by atoms with E-state index >= 15 is 0 Å². The molecule has 0 unspecified atom stereocenters. The van der Waals surface area contributed by atoms with Gasteiger partial charge in [0, 0.05) is 5.69 Å². The van der Waals surface area contributed by atoms with Crippen molar-refractivity contribution in [3.05, 3.63) is 23.9 Å². The molecule has 0 atom stereocenters. The minimum absolute atomic E-state index is 0.122. The summed E-state index contributed by atoms with van der Waals surface area (Å²) in [4.78, 5) is 14.1. The molecule has 0 radical (unpaired) electrons. The van der Waals surface area contributed by atoms with Crippen LogP contribution in [0.15, 0.2) is 18.2 Å². The lowest BCUT2D eigenvalue weighted by atomic mass is 10.4. The SMILES string of the molecule is Cc1cccc(NS(=O)(=O)CC(=O)O)n1. The summed E-state index contributed by atoms with van der Waals surface area (Å²) in [6.45, 7) is 1.70. The maximum atomic E-state index is 11.2. The predicted molar refractivity (Wildman–Crippen MR) is 54.0 cm³/mol. The van der Waals surface area contributed by atoms with Crippen LogP contribution in [-0.2, 0) is 14.8 Å². The van der Waals surface area contributed by atoms with Crippen LogP contribution in [0.4, 0.5) is 5.82 Å². The van der Waals surface area contributed by atoms with E-state index in [1.165, 1.54) is 6.07 Å². The highest BCUT2D eigenvalue weighted by Gasteiger charge is 2.15. The number of aryl methyl sites for hydroxylation is 1. The molecule has 1 heterocycles. The Morgan fingerprint density at radius 3 is 2.73 bits per heavy atom. The van der Waals surface area contributed by atoms with Gasteiger partial charge >= 0.3 is 5.97 Å². The molecular formula is C8H10N2O4S. The number of aromatic nitrogens is 1. The van der Waals surface area contributed by atoms with Gasteiger partial charge in [-0.05, 0) is 19.1 Å². The molecule has 0 saturated heterocycles. The molecule has 0 aliphatic rings. The van der Waals surface area contributed by atoms with Crippen LogP contribution in [0, 0.1) is 6.92 Å². The summed E-state index contributed by atoms with van der Waals surface area (Å²) in [5, 5.41) is 8.34. The van der Waals surface area contributed by atoms with Crippen molar-refractivity contribution in [1.82, 2.24) is 4.98 Å². The van der Waals surface area contributed by atoms with Crippen molar-refractivity contribution >= 4 is 21.8 Å². The Kier molecular flexibility index (Phi) is 3.25. The van der Waals surface area contributed by atoms with Crippen molar-refractivity contribution in [3.8, 4) is 0 Å². The van der Waals surface area contributed by atoms with Gasteiger partial charge in [0.15, 0.2) is 5.75 Å². The van der Waals surface area contributed by atoms with Crippen LogP contribution in [-0.4, -0.2) is 30.2 Å². The van der Waals surface area contributed by atoms with Crippen LogP contribution < -0.4 is 4.72 Å². The Morgan fingerprint density at radius 1 is 1.53 bits per heavy atom. The van der Waals surface area contributed by atoms with Crippen molar-refractivity contribution in [2.24, 2.45) is 0 Å². The number of carboxylic acids is 1. The standard InChI is InChI=1S/C8H10N2O4S/c1-6-3-2-4-7(9-6)10-15(13,14)5-8(11)12/h2-4H,5H2,1H3,(H,9,10)(H,11,12). The number of rotatable bonds is 4. The second kappa shape index (κ2) is 4.26. The molecule has 0 aliphatic heterocycles. The van der Waals surface area contributed by atoms with Gasteiger partial charge < -0.3 is 5.11 Å². The molecule has 0 aromatic carbocycles. The van der Waals surface area contributed by atoms with Crippen LogP contribution >= 0.6 is 0 Å². The van der Waals surface area contributed by atoms with Crippen LogP contribution in [0.3, 0.4) is 0 Å². The van der Waals surface area contributed by atoms with Crippen molar-refractivity contribution in [2.45, 2.75) is 6.92 Å². The Bertz CT molecular complexity index is 469. The molecule has 1 rings (SSSR count). The molecule has 7 heteroatoms. The second-order valence-electron chi connectivity index (χ2n) is 2.92. The Labute approximate surface area is 87.0 Å². The molecule has 0 amide bonds. The van der Waals surface area contributed by atoms with Gasteiger partial charge in [-0.2, -0.15) is 0 Å². The zero-order chi connectivity index (χ0) is 11.5. The third-order valence-corrected chi connectivity index (χ3v) is 2.61. The average Bonchev–Trinajstić information content (AvgIpc) is 1.99. The topological polar surface area (TPSA) is 96.4 Å². The fraction of sp³-hybridized carbons (Fsp3) is 0.250. The highest BCUT2D eigenvalue weighted by Crippen LogP contribution is 2.06. The van der Waals surface area contributed by atoms with Crippen LogP contribution in [0.1, 0.15) is 5.69 Å². The molecule has 0 spiro atoms. The number of carboxylic acid groups (broad SMARTS) is 1. The fourth-order valence-corrected chi connectivity index (χ4v) is 1.79. The summed E-state index contributed by atoms with van der Waals surface area (Å²) in [5.41, 5.74) is 0.644. The van der Waals surface area contributed by atoms with Gasteiger partial charge in [-0.15, -0.1) is 0 Å². The summed E-state index contributed by atoms with van der Waals surface area (Å²) < 4.78 is 24.5. The third-order valence-electron chi connectivity index (χ3n) is 1.46. The number of aliphatic carboxylic acids is 1. The normalized spacial score (nSPS) is 11.0. The van der Waals surface area contributed by atoms with Crippen molar-refractivity contribution < 1.29 is 18.3 Å². The van der Waals surface area contributed by atoms with Gasteiger partial charge in [0.2, 0.25) is 10.0 Å². The number of nitrogens with one attached hydrogen (secondary N) is 1. The van der Waals surface area contributed by atoms with E-state index in [9.17, 15) is 13.2 Å². The summed E-state index contributed by atoms with van der Waals surface area (Å²) in [7, 11) is -3.86. The number of pyridine rings is 1. The number of anilines is 1. The first-order valence-corrected chi connectivity index (χ1v) is 5.70. The van der Waals surface area contributed by atoms with Crippen molar-refractivity contribution in [1.29, 1.82) is 0 Å². The Morgan fingerprint density at radius 2 is 2.20 bits per heavy atom. The zero-order valence-corrected chi connectivity index (χ0v) is 8.78. The van der Waals surface area contributed by atoms with Crippen LogP contribution in [0.25, 0.3) is 0 Å². The highest BCUT2D eigenvalue weighted by atomic mass is 32.2. The van der Waals surface area contributed by atoms with E-state index in [4.69, 9.17) is 5.11 Å². The van der Waals surface area contributed by atoms with Gasteiger partial charge in [-0.1, -0.05) is 6.07 Å². The number of carbonyl (C=O) groups is 1. The third kappa shape index (κ3) is 3.94. The molecule has 0 fully saturated rings. The van der Waals surface area contributed by atoms with E-state index in [2.05, 4.69) is 9.71 Å². The first-order valence-electron chi connectivity index (χ1n) is 4.05. The Balaban J connectivity index is 2.82. The van der Waals surface area contributed by atoms with E-state index in [1.807, 2.05) is 0 Å².